The summed E-state index contributed by atoms with van der Waals surface area (Å²) in [6.45, 7) is 8.86. The van der Waals surface area contributed by atoms with E-state index in [2.05, 4.69) is 36.0 Å². The molecule has 1 saturated heterocycles. The first-order chi connectivity index (χ1) is 17.5. The predicted molar refractivity (Wildman–Crippen MR) is 137 cm³/mol. The molecular formula is C25H29N7O4S. The van der Waals surface area contributed by atoms with Crippen molar-refractivity contribution in [1.29, 1.82) is 0 Å². The van der Waals surface area contributed by atoms with Gasteiger partial charge in [0.25, 0.3) is 11.5 Å². The van der Waals surface area contributed by atoms with Crippen LogP contribution in [0.25, 0.3) is 11.5 Å². The topological polar surface area (TPSA) is 126 Å². The zero-order valence-electron chi connectivity index (χ0n) is 21.2. The predicted octanol–water partition coefficient (Wildman–Crippen LogP) is 1.96. The Labute approximate surface area is 214 Å². The maximum Gasteiger partial charge on any atom is 0.276 e. The largest absolute Gasteiger partial charge is 0.336 e. The third kappa shape index (κ3) is 4.46. The summed E-state index contributed by atoms with van der Waals surface area (Å²) >= 11 is 0. The molecule has 3 aromatic heterocycles. The summed E-state index contributed by atoms with van der Waals surface area (Å²) in [5.74, 6) is -0.0571. The molecule has 0 spiro atoms. The van der Waals surface area contributed by atoms with Crippen LogP contribution in [0.1, 0.15) is 42.4 Å². The number of nitrogens with zero attached hydrogens (tertiary/aromatic N) is 6. The van der Waals surface area contributed by atoms with Gasteiger partial charge in [0.1, 0.15) is 5.52 Å². The Morgan fingerprint density at radius 3 is 2.35 bits per heavy atom. The van der Waals surface area contributed by atoms with Gasteiger partial charge < -0.3 is 4.90 Å². The van der Waals surface area contributed by atoms with Crippen molar-refractivity contribution in [3.05, 3.63) is 76.0 Å². The molecule has 1 aliphatic rings. The van der Waals surface area contributed by atoms with Crippen molar-refractivity contribution in [1.82, 2.24) is 33.6 Å². The summed E-state index contributed by atoms with van der Waals surface area (Å²) in [6.07, 6.45) is 3.10. The van der Waals surface area contributed by atoms with Crippen molar-refractivity contribution >= 4 is 21.4 Å². The lowest BCUT2D eigenvalue weighted by Gasteiger charge is -2.34. The highest BCUT2D eigenvalue weighted by Crippen LogP contribution is 2.25. The molecule has 1 amide bonds. The van der Waals surface area contributed by atoms with Gasteiger partial charge in [-0.05, 0) is 42.2 Å². The lowest BCUT2D eigenvalue weighted by atomic mass is 9.87. The number of amides is 1. The lowest BCUT2D eigenvalue weighted by molar-refractivity contribution is 0.0697. The van der Waals surface area contributed by atoms with Gasteiger partial charge in [-0.3, -0.25) is 14.6 Å². The van der Waals surface area contributed by atoms with Crippen LogP contribution in [0.5, 0.6) is 0 Å². The van der Waals surface area contributed by atoms with E-state index in [4.69, 9.17) is 0 Å². The normalized spacial score (nSPS) is 15.4. The highest BCUT2D eigenvalue weighted by Gasteiger charge is 2.32. The summed E-state index contributed by atoms with van der Waals surface area (Å²) in [5.41, 5.74) is 1.97. The second-order valence-electron chi connectivity index (χ2n) is 10.1. The average Bonchev–Trinajstić information content (AvgIpc) is 3.50. The monoisotopic (exact) mass is 523 g/mol. The van der Waals surface area contributed by atoms with Crippen molar-refractivity contribution in [2.75, 3.05) is 26.2 Å². The van der Waals surface area contributed by atoms with E-state index in [0.29, 0.717) is 16.8 Å². The number of hydrogen-bond acceptors (Lipinski definition) is 6. The molecule has 1 fully saturated rings. The SMILES string of the molecule is Cc1c(C(=O)N2CCN(S(=O)(=O)c3ccc(C(C)(C)C)cc3)CC2)cnn1-c1nn2cccc2c(=O)[nH]1. The Bertz CT molecular complexity index is 1630. The smallest absolute Gasteiger partial charge is 0.276 e. The van der Waals surface area contributed by atoms with Gasteiger partial charge >= 0.3 is 0 Å². The number of aromatic nitrogens is 5. The van der Waals surface area contributed by atoms with E-state index in [-0.39, 0.29) is 53.9 Å². The molecule has 11 nitrogen and oxygen atoms in total. The fourth-order valence-corrected chi connectivity index (χ4v) is 5.86. The Hall–Kier alpha value is -3.77. The van der Waals surface area contributed by atoms with Gasteiger partial charge in [-0.25, -0.2) is 17.6 Å². The summed E-state index contributed by atoms with van der Waals surface area (Å²) in [4.78, 5) is 30.1. The molecule has 0 unspecified atom stereocenters. The molecule has 0 saturated carbocycles. The van der Waals surface area contributed by atoms with Gasteiger partial charge in [-0.15, -0.1) is 5.10 Å². The van der Waals surface area contributed by atoms with Crippen LogP contribution in [0, 0.1) is 6.92 Å². The van der Waals surface area contributed by atoms with Crippen LogP contribution in [-0.4, -0.2) is 74.1 Å². The van der Waals surface area contributed by atoms with E-state index in [0.717, 1.165) is 5.56 Å². The van der Waals surface area contributed by atoms with Crippen LogP contribution in [0.2, 0.25) is 0 Å². The van der Waals surface area contributed by atoms with Crippen LogP contribution in [0.4, 0.5) is 0 Å². The Morgan fingerprint density at radius 2 is 1.70 bits per heavy atom. The van der Waals surface area contributed by atoms with Crippen LogP contribution >= 0.6 is 0 Å². The molecule has 194 valence electrons. The van der Waals surface area contributed by atoms with E-state index in [1.807, 2.05) is 12.1 Å². The minimum Gasteiger partial charge on any atom is -0.336 e. The van der Waals surface area contributed by atoms with Gasteiger partial charge in [-0.2, -0.15) is 9.40 Å². The van der Waals surface area contributed by atoms with Crippen molar-refractivity contribution in [3.8, 4) is 5.95 Å². The number of benzene rings is 1. The van der Waals surface area contributed by atoms with Crippen molar-refractivity contribution in [3.63, 3.8) is 0 Å². The molecule has 0 bridgehead atoms. The minimum absolute atomic E-state index is 0.0688. The zero-order valence-corrected chi connectivity index (χ0v) is 22.0. The molecule has 1 aromatic carbocycles. The molecule has 4 heterocycles. The standard InChI is InChI=1S/C25H29N7O4S/c1-17-20(16-26-32(17)24-27-22(33)21-6-5-11-31(21)28-24)23(34)29-12-14-30(15-13-29)37(35,36)19-9-7-18(8-10-19)25(2,3)4/h5-11,16H,12-15H2,1-4H3,(H,27,28,33). The number of H-pyrrole nitrogens is 1. The fraction of sp³-hybridized carbons (Fsp3) is 0.360. The molecule has 1 aliphatic heterocycles. The first kappa shape index (κ1) is 24.9. The number of fused-ring (bicyclic) bond motifs is 1. The van der Waals surface area contributed by atoms with Crippen molar-refractivity contribution in [2.45, 2.75) is 38.0 Å². The summed E-state index contributed by atoms with van der Waals surface area (Å²) < 4.78 is 30.6. The molecule has 4 aromatic rings. The summed E-state index contributed by atoms with van der Waals surface area (Å²) in [7, 11) is -3.66. The number of nitrogens with one attached hydrogen (secondary N) is 1. The second-order valence-corrected chi connectivity index (χ2v) is 12.1. The zero-order chi connectivity index (χ0) is 26.5. The van der Waals surface area contributed by atoms with Gasteiger partial charge in [0.05, 0.1) is 22.3 Å². The van der Waals surface area contributed by atoms with E-state index >= 15 is 0 Å². The summed E-state index contributed by atoms with van der Waals surface area (Å²) in [5, 5.41) is 8.63. The molecule has 0 atom stereocenters. The Balaban J connectivity index is 1.30. The number of piperazine rings is 1. The van der Waals surface area contributed by atoms with Gasteiger partial charge in [-0.1, -0.05) is 32.9 Å². The third-order valence-electron chi connectivity index (χ3n) is 6.71. The van der Waals surface area contributed by atoms with Gasteiger partial charge in [0.2, 0.25) is 16.0 Å². The van der Waals surface area contributed by atoms with Gasteiger partial charge in [0, 0.05) is 32.4 Å². The minimum atomic E-state index is -3.66. The highest BCUT2D eigenvalue weighted by molar-refractivity contribution is 7.89. The highest BCUT2D eigenvalue weighted by atomic mass is 32.2. The molecular weight excluding hydrogens is 494 g/mol. The van der Waals surface area contributed by atoms with Crippen LogP contribution in [-0.2, 0) is 15.4 Å². The van der Waals surface area contributed by atoms with Crippen LogP contribution in [0.15, 0.2) is 58.5 Å². The lowest BCUT2D eigenvalue weighted by Crippen LogP contribution is -2.50. The van der Waals surface area contributed by atoms with Crippen molar-refractivity contribution < 1.29 is 13.2 Å². The fourth-order valence-electron chi connectivity index (χ4n) is 4.44. The second kappa shape index (κ2) is 8.96. The van der Waals surface area contributed by atoms with Crippen LogP contribution in [0.3, 0.4) is 0 Å². The molecule has 0 radical (unpaired) electrons. The molecule has 5 rings (SSSR count). The molecule has 1 N–H and O–H groups in total. The number of aromatic amines is 1. The quantitative estimate of drug-likeness (QED) is 0.436. The molecule has 0 aliphatic carbocycles. The van der Waals surface area contributed by atoms with Crippen LogP contribution < -0.4 is 5.56 Å². The van der Waals surface area contributed by atoms with E-state index in [9.17, 15) is 18.0 Å². The summed E-state index contributed by atoms with van der Waals surface area (Å²) in [6, 6.07) is 10.4. The number of carbonyl (C=O) groups excluding carboxylic acids is 1. The maximum atomic E-state index is 13.3. The average molecular weight is 524 g/mol. The number of hydrogen-bond donors (Lipinski definition) is 1. The number of sulfonamides is 1. The van der Waals surface area contributed by atoms with Gasteiger partial charge in [0.15, 0.2) is 0 Å². The molecule has 37 heavy (non-hydrogen) atoms. The van der Waals surface area contributed by atoms with E-state index < -0.39 is 10.0 Å². The molecule has 12 heteroatoms. The first-order valence-corrected chi connectivity index (χ1v) is 13.4. The number of rotatable bonds is 4. The van der Waals surface area contributed by atoms with Crippen molar-refractivity contribution in [2.24, 2.45) is 0 Å². The third-order valence-corrected chi connectivity index (χ3v) is 8.63. The van der Waals surface area contributed by atoms with E-state index in [1.165, 1.54) is 19.7 Å². The Morgan fingerprint density at radius 1 is 1.03 bits per heavy atom. The first-order valence-electron chi connectivity index (χ1n) is 12.0. The Kier molecular flexibility index (Phi) is 6.03. The van der Waals surface area contributed by atoms with E-state index in [1.54, 1.807) is 42.3 Å². The maximum absolute atomic E-state index is 13.3. The number of carbonyl (C=O) groups is 1.